The second kappa shape index (κ2) is 5.83. The number of nitrogens with zero attached hydrogens (tertiary/aromatic N) is 1. The van der Waals surface area contributed by atoms with Crippen LogP contribution in [0, 0.1) is 6.92 Å². The van der Waals surface area contributed by atoms with Gasteiger partial charge < -0.3 is 4.90 Å². The van der Waals surface area contributed by atoms with E-state index in [9.17, 15) is 13.2 Å². The van der Waals surface area contributed by atoms with Crippen molar-refractivity contribution < 1.29 is 13.2 Å². The summed E-state index contributed by atoms with van der Waals surface area (Å²) in [4.78, 5) is 14.3. The first-order chi connectivity index (χ1) is 9.30. The Hall–Kier alpha value is -0.920. The summed E-state index contributed by atoms with van der Waals surface area (Å²) in [5, 5.41) is 5.20. The molecule has 0 aromatic heterocycles. The maximum atomic E-state index is 12.5. The van der Waals surface area contributed by atoms with Crippen LogP contribution in [0.15, 0.2) is 21.5 Å². The van der Waals surface area contributed by atoms with Crippen LogP contribution in [0.3, 0.4) is 0 Å². The lowest BCUT2D eigenvalue weighted by atomic mass is 10.1. The summed E-state index contributed by atoms with van der Waals surface area (Å²) in [6, 6.07) is 3.08. The van der Waals surface area contributed by atoms with Gasteiger partial charge in [-0.05, 0) is 43.9 Å². The molecule has 0 aliphatic carbocycles. The van der Waals surface area contributed by atoms with Crippen LogP contribution in [0.25, 0.3) is 0 Å². The number of benzene rings is 1. The number of carbonyl (C=O) groups excluding carboxylic acids is 1. The quantitative estimate of drug-likeness (QED) is 0.875. The highest BCUT2D eigenvalue weighted by Crippen LogP contribution is 2.26. The molecule has 2 N–H and O–H groups in total. The average molecular weight is 361 g/mol. The molecule has 20 heavy (non-hydrogen) atoms. The molecule has 1 aliphatic heterocycles. The Bertz CT molecular complexity index is 637. The van der Waals surface area contributed by atoms with E-state index in [4.69, 9.17) is 5.14 Å². The van der Waals surface area contributed by atoms with E-state index < -0.39 is 10.0 Å². The summed E-state index contributed by atoms with van der Waals surface area (Å²) < 4.78 is 23.7. The zero-order chi connectivity index (χ0) is 14.9. The Kier molecular flexibility index (Phi) is 4.51. The van der Waals surface area contributed by atoms with Crippen LogP contribution in [0.2, 0.25) is 0 Å². The van der Waals surface area contributed by atoms with Gasteiger partial charge in [0, 0.05) is 23.1 Å². The van der Waals surface area contributed by atoms with Crippen LogP contribution in [0.4, 0.5) is 0 Å². The lowest BCUT2D eigenvalue weighted by molar-refractivity contribution is 0.0723. The number of primary sulfonamides is 1. The maximum absolute atomic E-state index is 12.5. The van der Waals surface area contributed by atoms with Crippen molar-refractivity contribution in [2.45, 2.75) is 31.1 Å². The first kappa shape index (κ1) is 15.5. The first-order valence-corrected chi connectivity index (χ1v) is 8.77. The predicted octanol–water partition coefficient (Wildman–Crippen LogP) is 2.03. The Labute approximate surface area is 127 Å². The smallest absolute Gasteiger partial charge is 0.254 e. The van der Waals surface area contributed by atoms with Gasteiger partial charge in [0.15, 0.2) is 0 Å². The fourth-order valence-corrected chi connectivity index (χ4v) is 3.88. The van der Waals surface area contributed by atoms with Crippen LogP contribution < -0.4 is 5.14 Å². The molecule has 1 aliphatic rings. The van der Waals surface area contributed by atoms with E-state index in [1.165, 1.54) is 6.07 Å². The van der Waals surface area contributed by atoms with Gasteiger partial charge in [-0.25, -0.2) is 13.6 Å². The highest BCUT2D eigenvalue weighted by molar-refractivity contribution is 9.10. The number of amides is 1. The monoisotopic (exact) mass is 360 g/mol. The highest BCUT2D eigenvalue weighted by Gasteiger charge is 2.24. The van der Waals surface area contributed by atoms with Gasteiger partial charge in [0.25, 0.3) is 5.91 Å². The standard InChI is InChI=1S/C13H17BrN2O3S/c1-9-11(13(17)16-5-3-2-4-6-16)7-10(14)8-12(9)20(15,18)19/h7-8H,2-6H2,1H3,(H2,15,18,19). The summed E-state index contributed by atoms with van der Waals surface area (Å²) in [6.45, 7) is 3.05. The van der Waals surface area contributed by atoms with Crippen molar-refractivity contribution in [3.05, 3.63) is 27.7 Å². The molecular formula is C13H17BrN2O3S. The molecule has 0 spiro atoms. The summed E-state index contributed by atoms with van der Waals surface area (Å²) in [5.74, 6) is -0.131. The molecule has 1 fully saturated rings. The van der Waals surface area contributed by atoms with E-state index >= 15 is 0 Å². The van der Waals surface area contributed by atoms with Gasteiger partial charge >= 0.3 is 0 Å². The average Bonchev–Trinajstić information content (AvgIpc) is 2.40. The van der Waals surface area contributed by atoms with Crippen molar-refractivity contribution in [2.75, 3.05) is 13.1 Å². The molecule has 0 bridgehead atoms. The van der Waals surface area contributed by atoms with Crippen LogP contribution in [-0.4, -0.2) is 32.3 Å². The summed E-state index contributed by atoms with van der Waals surface area (Å²) in [5.41, 5.74) is 0.802. The summed E-state index contributed by atoms with van der Waals surface area (Å²) >= 11 is 3.24. The highest BCUT2D eigenvalue weighted by atomic mass is 79.9. The van der Waals surface area contributed by atoms with Crippen molar-refractivity contribution in [1.82, 2.24) is 4.90 Å². The number of piperidine rings is 1. The molecule has 0 atom stereocenters. The van der Waals surface area contributed by atoms with Crippen molar-refractivity contribution >= 4 is 31.9 Å². The molecule has 0 unspecified atom stereocenters. The number of sulfonamides is 1. The Morgan fingerprint density at radius 3 is 2.40 bits per heavy atom. The molecule has 7 heteroatoms. The molecule has 1 amide bonds. The number of halogens is 1. The lowest BCUT2D eigenvalue weighted by Gasteiger charge is -2.27. The minimum Gasteiger partial charge on any atom is -0.339 e. The second-order valence-corrected chi connectivity index (χ2v) is 7.42. The van der Waals surface area contributed by atoms with Crippen molar-refractivity contribution in [2.24, 2.45) is 5.14 Å². The number of rotatable bonds is 2. The summed E-state index contributed by atoms with van der Waals surface area (Å²) in [7, 11) is -3.84. The number of likely N-dealkylation sites (tertiary alicyclic amines) is 1. The van der Waals surface area contributed by atoms with E-state index in [2.05, 4.69) is 15.9 Å². The fraction of sp³-hybridized carbons (Fsp3) is 0.462. The zero-order valence-electron chi connectivity index (χ0n) is 11.2. The van der Waals surface area contributed by atoms with Crippen LogP contribution in [0.1, 0.15) is 35.2 Å². The second-order valence-electron chi connectivity index (χ2n) is 4.97. The minimum atomic E-state index is -3.84. The van der Waals surface area contributed by atoms with E-state index in [0.29, 0.717) is 15.6 Å². The van der Waals surface area contributed by atoms with Gasteiger partial charge in [-0.15, -0.1) is 0 Å². The minimum absolute atomic E-state index is 0.00719. The lowest BCUT2D eigenvalue weighted by Crippen LogP contribution is -2.36. The van der Waals surface area contributed by atoms with Crippen molar-refractivity contribution in [1.29, 1.82) is 0 Å². The molecule has 1 aromatic carbocycles. The van der Waals surface area contributed by atoms with Crippen molar-refractivity contribution in [3.8, 4) is 0 Å². The maximum Gasteiger partial charge on any atom is 0.254 e. The van der Waals surface area contributed by atoms with Gasteiger partial charge in [0.05, 0.1) is 4.90 Å². The predicted molar refractivity (Wildman–Crippen MR) is 80.0 cm³/mol. The van der Waals surface area contributed by atoms with E-state index in [1.54, 1.807) is 17.9 Å². The van der Waals surface area contributed by atoms with Gasteiger partial charge in [-0.2, -0.15) is 0 Å². The Balaban J connectivity index is 2.46. The number of hydrogen-bond donors (Lipinski definition) is 1. The Morgan fingerprint density at radius 1 is 1.25 bits per heavy atom. The molecule has 1 aromatic rings. The molecule has 5 nitrogen and oxygen atoms in total. The third kappa shape index (κ3) is 3.21. The van der Waals surface area contributed by atoms with Crippen LogP contribution in [0.5, 0.6) is 0 Å². The van der Waals surface area contributed by atoms with Crippen LogP contribution in [-0.2, 0) is 10.0 Å². The van der Waals surface area contributed by atoms with E-state index in [-0.39, 0.29) is 10.8 Å². The van der Waals surface area contributed by atoms with Gasteiger partial charge in [0.1, 0.15) is 0 Å². The third-order valence-electron chi connectivity index (χ3n) is 3.51. The van der Waals surface area contributed by atoms with Gasteiger partial charge in [0.2, 0.25) is 10.0 Å². The fourth-order valence-electron chi connectivity index (χ4n) is 2.44. The molecule has 0 saturated carbocycles. The van der Waals surface area contributed by atoms with Gasteiger partial charge in [-0.1, -0.05) is 15.9 Å². The van der Waals surface area contributed by atoms with Crippen LogP contribution >= 0.6 is 15.9 Å². The molecule has 2 rings (SSSR count). The first-order valence-electron chi connectivity index (χ1n) is 6.43. The number of hydrogen-bond acceptors (Lipinski definition) is 3. The topological polar surface area (TPSA) is 80.5 Å². The number of carbonyl (C=O) groups is 1. The Morgan fingerprint density at radius 2 is 1.85 bits per heavy atom. The molecule has 0 radical (unpaired) electrons. The van der Waals surface area contributed by atoms with Crippen molar-refractivity contribution in [3.63, 3.8) is 0 Å². The number of nitrogens with two attached hydrogens (primary N) is 1. The molecule has 1 saturated heterocycles. The molecule has 1 heterocycles. The largest absolute Gasteiger partial charge is 0.339 e. The summed E-state index contributed by atoms with van der Waals surface area (Å²) in [6.07, 6.45) is 3.10. The zero-order valence-corrected chi connectivity index (χ0v) is 13.6. The molecular weight excluding hydrogens is 344 g/mol. The van der Waals surface area contributed by atoms with E-state index in [1.807, 2.05) is 0 Å². The third-order valence-corrected chi connectivity index (χ3v) is 5.00. The van der Waals surface area contributed by atoms with E-state index in [0.717, 1.165) is 32.4 Å². The normalized spacial score (nSPS) is 16.2. The molecule has 110 valence electrons. The van der Waals surface area contributed by atoms with Gasteiger partial charge in [-0.3, -0.25) is 4.79 Å². The SMILES string of the molecule is Cc1c(C(=O)N2CCCCC2)cc(Br)cc1S(N)(=O)=O.